The summed E-state index contributed by atoms with van der Waals surface area (Å²) >= 11 is 0. The van der Waals surface area contributed by atoms with Crippen LogP contribution in [-0.2, 0) is 0 Å². The molecule has 0 saturated heterocycles. The molecule has 16 heavy (non-hydrogen) atoms. The number of rotatable bonds is 4. The van der Waals surface area contributed by atoms with Crippen LogP contribution in [0, 0.1) is 6.07 Å². The summed E-state index contributed by atoms with van der Waals surface area (Å²) in [5.41, 5.74) is 1.93. The Morgan fingerprint density at radius 3 is 2.81 bits per heavy atom. The van der Waals surface area contributed by atoms with Gasteiger partial charge >= 0.3 is 0 Å². The van der Waals surface area contributed by atoms with Gasteiger partial charge in [0.15, 0.2) is 0 Å². The van der Waals surface area contributed by atoms with Gasteiger partial charge < -0.3 is 14.8 Å². The quantitative estimate of drug-likeness (QED) is 0.840. The summed E-state index contributed by atoms with van der Waals surface area (Å²) in [7, 11) is 6.18. The Labute approximate surface area is 95.9 Å². The van der Waals surface area contributed by atoms with E-state index in [9.17, 15) is 0 Å². The number of para-hydroxylation sites is 1. The van der Waals surface area contributed by atoms with E-state index in [4.69, 9.17) is 0 Å². The lowest BCUT2D eigenvalue weighted by atomic mass is 10.3. The SMILES string of the molecule is CN(C)CCN(C)c1nc2[c]cccc2[nH]1. The van der Waals surface area contributed by atoms with Gasteiger partial charge in [0.1, 0.15) is 0 Å². The summed E-state index contributed by atoms with van der Waals surface area (Å²) in [6.07, 6.45) is 0. The van der Waals surface area contributed by atoms with E-state index in [1.165, 1.54) is 0 Å². The molecule has 0 atom stereocenters. The number of hydrogen-bond acceptors (Lipinski definition) is 3. The second-order valence-electron chi connectivity index (χ2n) is 4.22. The second-order valence-corrected chi connectivity index (χ2v) is 4.22. The van der Waals surface area contributed by atoms with E-state index >= 15 is 0 Å². The van der Waals surface area contributed by atoms with Crippen LogP contribution in [-0.4, -0.2) is 49.1 Å². The Morgan fingerprint density at radius 2 is 2.12 bits per heavy atom. The predicted molar refractivity (Wildman–Crippen MR) is 66.8 cm³/mol. The second kappa shape index (κ2) is 4.53. The molecule has 4 heteroatoms. The Kier molecular flexibility index (Phi) is 3.10. The fraction of sp³-hybridized carbons (Fsp3) is 0.417. The van der Waals surface area contributed by atoms with Gasteiger partial charge in [0.25, 0.3) is 0 Å². The highest BCUT2D eigenvalue weighted by Crippen LogP contribution is 2.15. The van der Waals surface area contributed by atoms with Gasteiger partial charge in [-0.2, -0.15) is 0 Å². The molecule has 0 amide bonds. The van der Waals surface area contributed by atoms with Crippen molar-refractivity contribution >= 4 is 17.0 Å². The van der Waals surface area contributed by atoms with Crippen LogP contribution in [0.1, 0.15) is 0 Å². The molecule has 1 radical (unpaired) electrons. The first-order valence-electron chi connectivity index (χ1n) is 5.39. The zero-order chi connectivity index (χ0) is 11.5. The van der Waals surface area contributed by atoms with Crippen molar-refractivity contribution in [3.05, 3.63) is 24.3 Å². The molecule has 0 aliphatic rings. The summed E-state index contributed by atoms with van der Waals surface area (Å²) in [4.78, 5) is 12.0. The van der Waals surface area contributed by atoms with Crippen molar-refractivity contribution in [1.29, 1.82) is 0 Å². The fourth-order valence-electron chi connectivity index (χ4n) is 1.51. The highest BCUT2D eigenvalue weighted by atomic mass is 15.3. The number of fused-ring (bicyclic) bond motifs is 1. The van der Waals surface area contributed by atoms with Crippen LogP contribution in [0.2, 0.25) is 0 Å². The molecule has 1 aromatic heterocycles. The molecular weight excluding hydrogens is 200 g/mol. The third-order valence-corrected chi connectivity index (χ3v) is 2.54. The van der Waals surface area contributed by atoms with Crippen molar-refractivity contribution in [3.8, 4) is 0 Å². The first-order chi connectivity index (χ1) is 7.66. The average molecular weight is 217 g/mol. The monoisotopic (exact) mass is 217 g/mol. The lowest BCUT2D eigenvalue weighted by Gasteiger charge is -2.18. The minimum atomic E-state index is 0.897. The van der Waals surface area contributed by atoms with Crippen LogP contribution in [0.4, 0.5) is 5.95 Å². The topological polar surface area (TPSA) is 35.2 Å². The molecule has 0 fully saturated rings. The van der Waals surface area contributed by atoms with Crippen molar-refractivity contribution in [2.75, 3.05) is 39.1 Å². The van der Waals surface area contributed by atoms with Gasteiger partial charge in [0.2, 0.25) is 5.95 Å². The number of likely N-dealkylation sites (N-methyl/N-ethyl adjacent to an activating group) is 2. The number of nitrogens with zero attached hydrogens (tertiary/aromatic N) is 3. The summed E-state index contributed by atoms with van der Waals surface area (Å²) in [6.45, 7) is 1.96. The lowest BCUT2D eigenvalue weighted by Crippen LogP contribution is -2.29. The van der Waals surface area contributed by atoms with Gasteiger partial charge in [-0.05, 0) is 20.2 Å². The molecule has 4 nitrogen and oxygen atoms in total. The number of aromatic amines is 1. The molecule has 0 spiro atoms. The van der Waals surface area contributed by atoms with Crippen LogP contribution in [0.15, 0.2) is 18.2 Å². The largest absolute Gasteiger partial charge is 0.344 e. The number of anilines is 1. The lowest BCUT2D eigenvalue weighted by molar-refractivity contribution is 0.416. The molecule has 0 unspecified atom stereocenters. The van der Waals surface area contributed by atoms with Gasteiger partial charge in [0.05, 0.1) is 11.0 Å². The molecule has 0 aliphatic heterocycles. The molecule has 2 rings (SSSR count). The molecule has 1 heterocycles. The van der Waals surface area contributed by atoms with Gasteiger partial charge in [-0.3, -0.25) is 0 Å². The van der Waals surface area contributed by atoms with Crippen LogP contribution < -0.4 is 4.90 Å². The molecule has 2 aromatic rings. The maximum atomic E-state index is 4.49. The minimum Gasteiger partial charge on any atom is -0.344 e. The number of aromatic nitrogens is 2. The summed E-state index contributed by atoms with van der Waals surface area (Å²) in [6, 6.07) is 8.97. The maximum Gasteiger partial charge on any atom is 0.203 e. The standard InChI is InChI=1S/C12H17N4/c1-15(2)8-9-16(3)12-13-10-6-4-5-7-11(10)14-12/h4-6H,8-9H2,1-3H3,(H,13,14). The number of imidazole rings is 1. The molecule has 1 aromatic carbocycles. The smallest absolute Gasteiger partial charge is 0.203 e. The molecule has 1 N–H and O–H groups in total. The first kappa shape index (κ1) is 11.0. The van der Waals surface area contributed by atoms with Crippen molar-refractivity contribution in [2.45, 2.75) is 0 Å². The van der Waals surface area contributed by atoms with Crippen molar-refractivity contribution in [1.82, 2.24) is 14.9 Å². The van der Waals surface area contributed by atoms with Crippen LogP contribution >= 0.6 is 0 Å². The van der Waals surface area contributed by atoms with Gasteiger partial charge in [0, 0.05) is 26.2 Å². The Morgan fingerprint density at radius 1 is 1.31 bits per heavy atom. The van der Waals surface area contributed by atoms with Gasteiger partial charge in [-0.25, -0.2) is 4.98 Å². The Hall–Kier alpha value is -1.55. The molecule has 85 valence electrons. The third kappa shape index (κ3) is 2.33. The number of nitrogens with one attached hydrogen (secondary N) is 1. The first-order valence-corrected chi connectivity index (χ1v) is 5.39. The molecule has 0 bridgehead atoms. The van der Waals surface area contributed by atoms with Crippen molar-refractivity contribution in [2.24, 2.45) is 0 Å². The average Bonchev–Trinajstić information content (AvgIpc) is 2.69. The molecule has 0 saturated carbocycles. The van der Waals surface area contributed by atoms with E-state index in [1.807, 2.05) is 25.2 Å². The van der Waals surface area contributed by atoms with Crippen LogP contribution in [0.25, 0.3) is 11.0 Å². The van der Waals surface area contributed by atoms with E-state index in [-0.39, 0.29) is 0 Å². The Bertz CT molecular complexity index is 428. The molecule has 0 aliphatic carbocycles. The van der Waals surface area contributed by atoms with Gasteiger partial charge in [-0.1, -0.05) is 12.1 Å². The van der Waals surface area contributed by atoms with Crippen molar-refractivity contribution < 1.29 is 0 Å². The highest BCUT2D eigenvalue weighted by molar-refractivity contribution is 5.76. The van der Waals surface area contributed by atoms with E-state index in [0.717, 1.165) is 30.1 Å². The Balaban J connectivity index is 2.13. The normalized spacial score (nSPS) is 11.2. The number of benzene rings is 1. The zero-order valence-electron chi connectivity index (χ0n) is 9.99. The van der Waals surface area contributed by atoms with E-state index in [2.05, 4.69) is 39.9 Å². The van der Waals surface area contributed by atoms with Gasteiger partial charge in [-0.15, -0.1) is 0 Å². The summed E-state index contributed by atoms with van der Waals surface area (Å²) in [5, 5.41) is 0. The van der Waals surface area contributed by atoms with Crippen molar-refractivity contribution in [3.63, 3.8) is 0 Å². The molecular formula is C12H17N4. The predicted octanol–water partition coefficient (Wildman–Crippen LogP) is 1.36. The van der Waals surface area contributed by atoms with E-state index < -0.39 is 0 Å². The van der Waals surface area contributed by atoms with E-state index in [1.54, 1.807) is 0 Å². The van der Waals surface area contributed by atoms with E-state index in [0.29, 0.717) is 0 Å². The fourth-order valence-corrected chi connectivity index (χ4v) is 1.51. The maximum absolute atomic E-state index is 4.49. The zero-order valence-corrected chi connectivity index (χ0v) is 9.99. The number of hydrogen-bond donors (Lipinski definition) is 1. The van der Waals surface area contributed by atoms with Crippen LogP contribution in [0.5, 0.6) is 0 Å². The summed E-state index contributed by atoms with van der Waals surface area (Å²) < 4.78 is 0. The highest BCUT2D eigenvalue weighted by Gasteiger charge is 2.06. The van der Waals surface area contributed by atoms with Crippen LogP contribution in [0.3, 0.4) is 0 Å². The third-order valence-electron chi connectivity index (χ3n) is 2.54. The number of H-pyrrole nitrogens is 1. The summed E-state index contributed by atoms with van der Waals surface area (Å²) in [5.74, 6) is 0.902. The minimum absolute atomic E-state index is 0.897.